The van der Waals surface area contributed by atoms with Gasteiger partial charge in [0.25, 0.3) is 0 Å². The highest BCUT2D eigenvalue weighted by atomic mass is 16.3. The molecule has 7 heteroatoms. The molecule has 26 heavy (non-hydrogen) atoms. The number of aromatic nitrogens is 4. The first-order valence-corrected chi connectivity index (χ1v) is 9.40. The van der Waals surface area contributed by atoms with Crippen molar-refractivity contribution in [1.29, 1.82) is 0 Å². The average Bonchev–Trinajstić information content (AvgIpc) is 2.86. The summed E-state index contributed by atoms with van der Waals surface area (Å²) in [5, 5.41) is 12.6. The Labute approximate surface area is 154 Å². The van der Waals surface area contributed by atoms with Crippen LogP contribution >= 0.6 is 0 Å². The van der Waals surface area contributed by atoms with Gasteiger partial charge in [0.15, 0.2) is 0 Å². The van der Waals surface area contributed by atoms with Gasteiger partial charge in [-0.15, -0.1) is 0 Å². The van der Waals surface area contributed by atoms with E-state index >= 15 is 0 Å². The number of aryl methyl sites for hydroxylation is 2. The maximum Gasteiger partial charge on any atom is 0.135 e. The smallest absolute Gasteiger partial charge is 0.135 e. The van der Waals surface area contributed by atoms with Crippen molar-refractivity contribution < 1.29 is 5.11 Å². The zero-order chi connectivity index (χ0) is 18.5. The van der Waals surface area contributed by atoms with Gasteiger partial charge in [0.05, 0.1) is 12.3 Å². The Kier molecular flexibility index (Phi) is 5.98. The molecule has 0 spiro atoms. The quantitative estimate of drug-likeness (QED) is 0.818. The summed E-state index contributed by atoms with van der Waals surface area (Å²) < 4.78 is 0. The van der Waals surface area contributed by atoms with Crippen molar-refractivity contribution in [3.63, 3.8) is 0 Å². The zero-order valence-electron chi connectivity index (χ0n) is 15.9. The fraction of sp³-hybridized carbons (Fsp3) is 0.579. The van der Waals surface area contributed by atoms with Crippen LogP contribution in [0.4, 0.5) is 11.6 Å². The Hall–Kier alpha value is -2.28. The summed E-state index contributed by atoms with van der Waals surface area (Å²) >= 11 is 0. The van der Waals surface area contributed by atoms with E-state index in [9.17, 15) is 5.11 Å². The monoisotopic (exact) mass is 356 g/mol. The summed E-state index contributed by atoms with van der Waals surface area (Å²) in [7, 11) is 0. The predicted octanol–water partition coefficient (Wildman–Crippen LogP) is 1.93. The molecular weight excluding hydrogens is 328 g/mol. The predicted molar refractivity (Wildman–Crippen MR) is 103 cm³/mol. The van der Waals surface area contributed by atoms with Crippen LogP contribution in [0, 0.1) is 6.92 Å². The van der Waals surface area contributed by atoms with E-state index in [0.29, 0.717) is 0 Å². The fourth-order valence-electron chi connectivity index (χ4n) is 3.34. The van der Waals surface area contributed by atoms with Crippen molar-refractivity contribution in [2.45, 2.75) is 52.5 Å². The van der Waals surface area contributed by atoms with E-state index in [-0.39, 0.29) is 12.6 Å². The molecule has 0 aromatic carbocycles. The highest BCUT2D eigenvalue weighted by Gasteiger charge is 2.21. The van der Waals surface area contributed by atoms with Crippen molar-refractivity contribution in [3.8, 4) is 0 Å². The summed E-state index contributed by atoms with van der Waals surface area (Å²) in [6, 6.07) is -0.0333. The Morgan fingerprint density at radius 1 is 1.23 bits per heavy atom. The minimum Gasteiger partial charge on any atom is -0.394 e. The van der Waals surface area contributed by atoms with Crippen LogP contribution in [0.3, 0.4) is 0 Å². The van der Waals surface area contributed by atoms with Gasteiger partial charge in [-0.2, -0.15) is 0 Å². The van der Waals surface area contributed by atoms with Crippen LogP contribution in [0.5, 0.6) is 0 Å². The Bertz CT molecular complexity index is 751. The summed E-state index contributed by atoms with van der Waals surface area (Å²) in [4.78, 5) is 20.4. The van der Waals surface area contributed by atoms with E-state index in [2.05, 4.69) is 32.1 Å². The van der Waals surface area contributed by atoms with Crippen LogP contribution in [0.1, 0.15) is 42.9 Å². The van der Waals surface area contributed by atoms with Gasteiger partial charge in [-0.25, -0.2) is 19.9 Å². The molecule has 2 aromatic rings. The molecule has 2 aromatic heterocycles. The Balaban J connectivity index is 1.85. The normalized spacial score (nSPS) is 15.3. The number of nitrogens with zero attached hydrogens (tertiary/aromatic N) is 5. The summed E-state index contributed by atoms with van der Waals surface area (Å²) in [6.07, 6.45) is 7.35. The van der Waals surface area contributed by atoms with Crippen LogP contribution in [-0.4, -0.2) is 50.8 Å². The number of rotatable bonds is 6. The molecule has 0 unspecified atom stereocenters. The summed E-state index contributed by atoms with van der Waals surface area (Å²) in [5.41, 5.74) is 3.44. The molecule has 0 amide bonds. The molecule has 0 aliphatic carbocycles. The standard InChI is InChI=1S/C19H28N6O/c1-4-5-15-10-20-14(3)24-19(15)25-8-6-16-17(7-9-25)21-12-22-18(16)23-13(2)11-26/h10,12-13,26H,4-9,11H2,1-3H3,(H,21,22,23)/t13-/m1/s1. The molecule has 2 N–H and O–H groups in total. The number of fused-ring (bicyclic) bond motifs is 1. The number of nitrogens with one attached hydrogen (secondary N) is 1. The first-order valence-electron chi connectivity index (χ1n) is 9.40. The molecule has 0 saturated heterocycles. The molecule has 0 fully saturated rings. The van der Waals surface area contributed by atoms with E-state index < -0.39 is 0 Å². The largest absolute Gasteiger partial charge is 0.394 e. The molecular formula is C19H28N6O. The zero-order valence-corrected chi connectivity index (χ0v) is 15.9. The lowest BCUT2D eigenvalue weighted by atomic mass is 10.1. The molecule has 1 atom stereocenters. The number of aliphatic hydroxyl groups is 1. The van der Waals surface area contributed by atoms with Gasteiger partial charge in [0, 0.05) is 42.9 Å². The molecule has 3 heterocycles. The molecule has 0 radical (unpaired) electrons. The van der Waals surface area contributed by atoms with Crippen LogP contribution in [-0.2, 0) is 19.3 Å². The van der Waals surface area contributed by atoms with Gasteiger partial charge in [-0.3, -0.25) is 0 Å². The molecule has 140 valence electrons. The van der Waals surface area contributed by atoms with E-state index in [4.69, 9.17) is 4.98 Å². The third-order valence-electron chi connectivity index (χ3n) is 4.72. The van der Waals surface area contributed by atoms with Crippen LogP contribution < -0.4 is 10.2 Å². The fourth-order valence-corrected chi connectivity index (χ4v) is 3.34. The number of hydrogen-bond donors (Lipinski definition) is 2. The lowest BCUT2D eigenvalue weighted by Crippen LogP contribution is -2.28. The van der Waals surface area contributed by atoms with Crippen LogP contribution in [0.2, 0.25) is 0 Å². The van der Waals surface area contributed by atoms with Gasteiger partial charge in [0.1, 0.15) is 23.8 Å². The first-order chi connectivity index (χ1) is 12.6. The van der Waals surface area contributed by atoms with Crippen molar-refractivity contribution >= 4 is 11.6 Å². The van der Waals surface area contributed by atoms with E-state index in [1.165, 1.54) is 5.56 Å². The third kappa shape index (κ3) is 4.09. The maximum absolute atomic E-state index is 9.33. The number of anilines is 2. The SMILES string of the molecule is CCCc1cnc(C)nc1N1CCc2ncnc(N[C@H](C)CO)c2CC1. The average molecular weight is 356 g/mol. The molecule has 0 saturated carbocycles. The van der Waals surface area contributed by atoms with E-state index in [0.717, 1.165) is 67.5 Å². The Morgan fingerprint density at radius 2 is 2.04 bits per heavy atom. The summed E-state index contributed by atoms with van der Waals surface area (Å²) in [5.74, 6) is 2.70. The van der Waals surface area contributed by atoms with Gasteiger partial charge in [-0.05, 0) is 26.7 Å². The summed E-state index contributed by atoms with van der Waals surface area (Å²) in [6.45, 7) is 7.89. The molecule has 7 nitrogen and oxygen atoms in total. The van der Waals surface area contributed by atoms with Crippen molar-refractivity contribution in [1.82, 2.24) is 19.9 Å². The lowest BCUT2D eigenvalue weighted by molar-refractivity contribution is 0.281. The van der Waals surface area contributed by atoms with Gasteiger partial charge in [0.2, 0.25) is 0 Å². The highest BCUT2D eigenvalue weighted by Crippen LogP contribution is 2.25. The van der Waals surface area contributed by atoms with Crippen LogP contribution in [0.25, 0.3) is 0 Å². The van der Waals surface area contributed by atoms with Crippen molar-refractivity contribution in [3.05, 3.63) is 35.2 Å². The van der Waals surface area contributed by atoms with Gasteiger partial charge < -0.3 is 15.3 Å². The second kappa shape index (κ2) is 8.40. The molecule has 0 bridgehead atoms. The second-order valence-electron chi connectivity index (χ2n) is 6.88. The number of aliphatic hydroxyl groups excluding tert-OH is 1. The topological polar surface area (TPSA) is 87.1 Å². The lowest BCUT2D eigenvalue weighted by Gasteiger charge is -2.24. The van der Waals surface area contributed by atoms with Gasteiger partial charge in [-0.1, -0.05) is 13.3 Å². The minimum absolute atomic E-state index is 0.0333. The number of hydrogen-bond acceptors (Lipinski definition) is 7. The molecule has 1 aliphatic heterocycles. The van der Waals surface area contributed by atoms with Gasteiger partial charge >= 0.3 is 0 Å². The molecule has 1 aliphatic rings. The van der Waals surface area contributed by atoms with Crippen LogP contribution in [0.15, 0.2) is 12.5 Å². The Morgan fingerprint density at radius 3 is 2.81 bits per heavy atom. The highest BCUT2D eigenvalue weighted by molar-refractivity contribution is 5.51. The third-order valence-corrected chi connectivity index (χ3v) is 4.72. The second-order valence-corrected chi connectivity index (χ2v) is 6.88. The molecule has 3 rings (SSSR count). The van der Waals surface area contributed by atoms with E-state index in [1.807, 2.05) is 20.0 Å². The van der Waals surface area contributed by atoms with Crippen molar-refractivity contribution in [2.75, 3.05) is 29.9 Å². The van der Waals surface area contributed by atoms with Crippen molar-refractivity contribution in [2.24, 2.45) is 0 Å². The van der Waals surface area contributed by atoms with E-state index in [1.54, 1.807) is 6.33 Å². The first kappa shape index (κ1) is 18.5. The minimum atomic E-state index is -0.0333. The maximum atomic E-state index is 9.33.